The van der Waals surface area contributed by atoms with Crippen LogP contribution in [-0.4, -0.2) is 11.6 Å². The Bertz CT molecular complexity index is 3510. The van der Waals surface area contributed by atoms with Crippen molar-refractivity contribution >= 4 is 78.6 Å². The summed E-state index contributed by atoms with van der Waals surface area (Å²) in [6.45, 7) is 13.6. The van der Waals surface area contributed by atoms with Gasteiger partial charge in [-0.1, -0.05) is 0 Å². The van der Waals surface area contributed by atoms with Crippen LogP contribution in [0.3, 0.4) is 0 Å². The number of rotatable bonds is 18. The fourth-order valence-corrected chi connectivity index (χ4v) is 72.4. The van der Waals surface area contributed by atoms with Crippen LogP contribution in [0.4, 0.5) is 0 Å². The third kappa shape index (κ3) is 10.7. The molecule has 0 N–H and O–H groups in total. The molecule has 0 spiro atoms. The average Bonchev–Trinajstić information content (AvgIpc) is 0.895. The van der Waals surface area contributed by atoms with Crippen molar-refractivity contribution in [3.05, 3.63) is 343 Å². The van der Waals surface area contributed by atoms with Crippen molar-refractivity contribution in [3.8, 4) is 0 Å². The first-order valence-electron chi connectivity index (χ1n) is 27.6. The quantitative estimate of drug-likeness (QED) is 0.0487. The van der Waals surface area contributed by atoms with Crippen molar-refractivity contribution in [1.29, 1.82) is 0 Å². The summed E-state index contributed by atoms with van der Waals surface area (Å²) >= 11 is -5.07. The van der Waals surface area contributed by atoms with Crippen molar-refractivity contribution in [3.63, 3.8) is 0 Å². The Morgan fingerprint density at radius 1 is 0.272 bits per heavy atom. The number of ketones is 2. The fourth-order valence-electron chi connectivity index (χ4n) is 11.6. The maximum absolute atomic E-state index is 17.9. The second-order valence-electron chi connectivity index (χ2n) is 20.5. The molecule has 2 nitrogen and oxygen atoms in total. The van der Waals surface area contributed by atoms with E-state index in [1.165, 1.54) is 31.8 Å². The summed E-state index contributed by atoms with van der Waals surface area (Å²) in [7, 11) is 0. The summed E-state index contributed by atoms with van der Waals surface area (Å²) in [5, 5.41) is 7.06. The molecule has 0 heterocycles. The van der Waals surface area contributed by atoms with Gasteiger partial charge in [-0.3, -0.25) is 0 Å². The molecule has 5 heteroatoms. The first kappa shape index (κ1) is 56.3. The molecule has 10 aromatic rings. The van der Waals surface area contributed by atoms with Gasteiger partial charge in [0.2, 0.25) is 0 Å². The van der Waals surface area contributed by atoms with E-state index in [0.717, 1.165) is 55.6 Å². The Labute approximate surface area is 483 Å². The molecule has 10 aromatic carbocycles. The first-order chi connectivity index (χ1) is 39.5. The van der Waals surface area contributed by atoms with Crippen LogP contribution in [0.5, 0.6) is 0 Å². The van der Waals surface area contributed by atoms with E-state index in [1.54, 1.807) is 0 Å². The summed E-state index contributed by atoms with van der Waals surface area (Å²) in [6.07, 6.45) is 12.1. The van der Waals surface area contributed by atoms with E-state index in [-0.39, 0.29) is 11.6 Å². The van der Waals surface area contributed by atoms with E-state index in [4.69, 9.17) is 0 Å². The van der Waals surface area contributed by atoms with Crippen LogP contribution in [0.25, 0.3) is 24.3 Å². The molecule has 0 bridgehead atoms. The number of carbonyl (C=O) groups excluding carboxylic acids is 2. The van der Waals surface area contributed by atoms with Crippen molar-refractivity contribution < 1.29 is 24.1 Å². The van der Waals surface area contributed by atoms with Gasteiger partial charge in [0.1, 0.15) is 0 Å². The predicted molar refractivity (Wildman–Crippen MR) is 351 cm³/mol. The van der Waals surface area contributed by atoms with Gasteiger partial charge in [-0.2, -0.15) is 0 Å². The van der Waals surface area contributed by atoms with E-state index in [1.807, 2.05) is 72.8 Å². The number of hydrogen-bond acceptors (Lipinski definition) is 2. The molecule has 0 radical (unpaired) electrons. The number of aryl methyl sites for hydroxylation is 6. The summed E-state index contributed by atoms with van der Waals surface area (Å²) in [5.41, 5.74) is 1.61. The molecular formula is C76H70O2P2Pd. The van der Waals surface area contributed by atoms with Gasteiger partial charge in [0.25, 0.3) is 0 Å². The van der Waals surface area contributed by atoms with Crippen LogP contribution in [0, 0.1) is 41.5 Å². The Morgan fingerprint density at radius 3 is 0.691 bits per heavy atom. The number of benzene rings is 10. The zero-order valence-electron chi connectivity index (χ0n) is 47.0. The first-order valence-corrected chi connectivity index (χ1v) is 37.5. The minimum absolute atomic E-state index is 0.126. The van der Waals surface area contributed by atoms with Crippen LogP contribution >= 0.6 is 10.9 Å². The van der Waals surface area contributed by atoms with Crippen LogP contribution in [0.1, 0.15) is 55.6 Å². The van der Waals surface area contributed by atoms with Crippen LogP contribution in [0.15, 0.2) is 287 Å². The fraction of sp³-hybridized carbons (Fsp3) is 0.0789. The van der Waals surface area contributed by atoms with Gasteiger partial charge in [0.15, 0.2) is 0 Å². The van der Waals surface area contributed by atoms with Crippen molar-refractivity contribution in [2.24, 2.45) is 0 Å². The molecule has 0 aliphatic carbocycles. The molecule has 0 amide bonds. The topological polar surface area (TPSA) is 34.1 Å². The summed E-state index contributed by atoms with van der Waals surface area (Å²) < 4.78 is 1.37. The predicted octanol–water partition coefficient (Wildman–Crippen LogP) is 15.9. The van der Waals surface area contributed by atoms with Gasteiger partial charge < -0.3 is 0 Å². The van der Waals surface area contributed by atoms with Crippen molar-refractivity contribution in [2.45, 2.75) is 41.5 Å². The van der Waals surface area contributed by atoms with Gasteiger partial charge in [0, 0.05) is 0 Å². The Balaban J connectivity index is 1.69. The molecule has 0 fully saturated rings. The van der Waals surface area contributed by atoms with Crippen LogP contribution in [-0.2, 0) is 24.1 Å². The van der Waals surface area contributed by atoms with Gasteiger partial charge in [-0.05, 0) is 0 Å². The van der Waals surface area contributed by atoms with Gasteiger partial charge in [-0.25, -0.2) is 0 Å². The average molecular weight is 1180 g/mol. The monoisotopic (exact) mass is 1180 g/mol. The van der Waals surface area contributed by atoms with Gasteiger partial charge in [-0.15, -0.1) is 0 Å². The third-order valence-corrected chi connectivity index (χ3v) is 58.5. The molecule has 0 aliphatic heterocycles. The maximum atomic E-state index is 17.9. The third-order valence-electron chi connectivity index (χ3n) is 15.3. The molecule has 81 heavy (non-hydrogen) atoms. The second-order valence-corrected chi connectivity index (χ2v) is 44.7. The molecule has 0 saturated carbocycles. The van der Waals surface area contributed by atoms with E-state index >= 15 is 9.59 Å². The number of carbonyl (C=O) groups is 2. The SMILES string of the molecule is Cc1ccccc1[PH](c1ccccc1C)(c1ccccc1C)[Pd]([C](=Cc1ccccc1)C(=O)C=Cc1ccccc1)([C](=Cc1ccccc1)C(=O)C=Cc1ccccc1)[PH](c1ccccc1C)(c1ccccc1C)c1ccccc1C. The zero-order valence-corrected chi connectivity index (χ0v) is 50.6. The summed E-state index contributed by atoms with van der Waals surface area (Å²) in [5.74, 6) is -0.252. The molecule has 0 unspecified atom stereocenters. The minimum atomic E-state index is -5.07. The molecule has 0 saturated heterocycles. The van der Waals surface area contributed by atoms with E-state index in [2.05, 4.69) is 272 Å². The molecule has 0 aliphatic rings. The molecule has 10 rings (SSSR count). The zero-order chi connectivity index (χ0) is 56.4. The molecule has 0 atom stereocenters. The van der Waals surface area contributed by atoms with Crippen LogP contribution < -0.4 is 31.8 Å². The number of hydrogen-bond donors (Lipinski definition) is 0. The Morgan fingerprint density at radius 2 is 0.469 bits per heavy atom. The molecular weight excluding hydrogens is 1110 g/mol. The van der Waals surface area contributed by atoms with E-state index < -0.39 is 25.4 Å². The van der Waals surface area contributed by atoms with Gasteiger partial charge >= 0.3 is 487 Å². The van der Waals surface area contributed by atoms with E-state index in [0.29, 0.717) is 8.09 Å². The Kier molecular flexibility index (Phi) is 17.5. The summed E-state index contributed by atoms with van der Waals surface area (Å²) in [6, 6.07) is 95.1. The van der Waals surface area contributed by atoms with Crippen molar-refractivity contribution in [1.82, 2.24) is 0 Å². The standard InChI is InChI=1S/2C21H21P.2C17H13O.Pd/c2*1-16-10-4-7-13-19(16)22(20-14-8-5-11-17(20)2)21-15-9-6-12-18(21)3;2*18-17(13-11-15-7-3-1-4-8-15)14-12-16-9-5-2-6-10-16;/h2*4-15H,1-3H3;2*1-13H;/q;;;;-2/p+2. The molecule has 406 valence electrons. The van der Waals surface area contributed by atoms with Crippen LogP contribution in [0.2, 0.25) is 0 Å². The Hall–Kier alpha value is -7.98. The van der Waals surface area contributed by atoms with Gasteiger partial charge in [0.05, 0.1) is 0 Å². The second kappa shape index (κ2) is 25.2. The summed E-state index contributed by atoms with van der Waals surface area (Å²) in [4.78, 5) is 35.8. The van der Waals surface area contributed by atoms with Crippen molar-refractivity contribution in [2.75, 3.05) is 0 Å². The van der Waals surface area contributed by atoms with E-state index in [9.17, 15) is 0 Å². The molecule has 0 aromatic heterocycles. The number of allylic oxidation sites excluding steroid dienone is 4. The normalized spacial score (nSPS) is 13.9.